The average molecular weight is 546 g/mol. The van der Waals surface area contributed by atoms with Crippen molar-refractivity contribution in [2.45, 2.75) is 37.3 Å². The SMILES string of the molecule is CC(C)CN(C[C@H](OP(=O)(O)O)[C@H](Cc1ccccc1)NC(=O)O)S(=O)(=O)c1ccc([N+](=O)[O-])cc1. The summed E-state index contributed by atoms with van der Waals surface area (Å²) < 4.78 is 44.4. The van der Waals surface area contributed by atoms with Gasteiger partial charge in [0.1, 0.15) is 6.10 Å². The molecule has 0 saturated carbocycles. The Kier molecular flexibility index (Phi) is 10.1. The van der Waals surface area contributed by atoms with Gasteiger partial charge in [-0.15, -0.1) is 0 Å². The van der Waals surface area contributed by atoms with Crippen LogP contribution in [0.2, 0.25) is 0 Å². The van der Waals surface area contributed by atoms with Crippen molar-refractivity contribution in [2.75, 3.05) is 13.1 Å². The first-order chi connectivity index (χ1) is 16.7. The number of hydrogen-bond donors (Lipinski definition) is 4. The highest BCUT2D eigenvalue weighted by molar-refractivity contribution is 7.89. The second-order valence-electron chi connectivity index (χ2n) is 8.35. The molecular formula is C21H28N3O10PS. The lowest BCUT2D eigenvalue weighted by atomic mass is 10.0. The van der Waals surface area contributed by atoms with Crippen LogP contribution in [0.1, 0.15) is 19.4 Å². The lowest BCUT2D eigenvalue weighted by molar-refractivity contribution is -0.384. The maximum Gasteiger partial charge on any atom is 0.469 e. The van der Waals surface area contributed by atoms with Crippen LogP contribution in [0.4, 0.5) is 10.5 Å². The topological polar surface area (TPSA) is 197 Å². The minimum absolute atomic E-state index is 0.0507. The van der Waals surface area contributed by atoms with Crippen LogP contribution in [0, 0.1) is 16.0 Å². The monoisotopic (exact) mass is 545 g/mol. The molecule has 0 radical (unpaired) electrons. The van der Waals surface area contributed by atoms with Crippen molar-refractivity contribution >= 4 is 29.6 Å². The first kappa shape index (κ1) is 29.4. The van der Waals surface area contributed by atoms with E-state index in [-0.39, 0.29) is 29.5 Å². The van der Waals surface area contributed by atoms with Crippen LogP contribution in [0.25, 0.3) is 0 Å². The van der Waals surface area contributed by atoms with E-state index in [9.17, 15) is 42.8 Å². The largest absolute Gasteiger partial charge is 0.469 e. The molecule has 0 aliphatic rings. The lowest BCUT2D eigenvalue weighted by Gasteiger charge is -2.32. The lowest BCUT2D eigenvalue weighted by Crippen LogP contribution is -2.51. The molecule has 0 aliphatic heterocycles. The molecule has 13 nitrogen and oxygen atoms in total. The van der Waals surface area contributed by atoms with Crippen LogP contribution >= 0.6 is 7.82 Å². The van der Waals surface area contributed by atoms with Gasteiger partial charge >= 0.3 is 13.9 Å². The Labute approximate surface area is 208 Å². The van der Waals surface area contributed by atoms with Gasteiger partial charge in [-0.05, 0) is 30.0 Å². The second kappa shape index (κ2) is 12.4. The number of nitro benzene ring substituents is 1. The first-order valence-electron chi connectivity index (χ1n) is 10.7. The number of carboxylic acid groups (broad SMARTS) is 1. The Bertz CT molecular complexity index is 1190. The Hall–Kier alpha value is -2.87. The molecule has 4 N–H and O–H groups in total. The van der Waals surface area contributed by atoms with E-state index in [2.05, 4.69) is 5.32 Å². The van der Waals surface area contributed by atoms with E-state index in [4.69, 9.17) is 4.52 Å². The molecule has 15 heteroatoms. The van der Waals surface area contributed by atoms with Crippen molar-refractivity contribution in [3.05, 3.63) is 70.3 Å². The maximum absolute atomic E-state index is 13.4. The Morgan fingerprint density at radius 2 is 1.69 bits per heavy atom. The summed E-state index contributed by atoms with van der Waals surface area (Å²) in [4.78, 5) is 40.5. The number of non-ortho nitro benzene ring substituents is 1. The Morgan fingerprint density at radius 3 is 2.17 bits per heavy atom. The molecule has 0 spiro atoms. The van der Waals surface area contributed by atoms with E-state index in [0.29, 0.717) is 5.56 Å². The number of rotatable bonds is 13. The third kappa shape index (κ3) is 8.97. The van der Waals surface area contributed by atoms with Gasteiger partial charge in [0.25, 0.3) is 5.69 Å². The van der Waals surface area contributed by atoms with E-state index in [0.717, 1.165) is 28.6 Å². The van der Waals surface area contributed by atoms with Crippen LogP contribution in [0.5, 0.6) is 0 Å². The number of sulfonamides is 1. The zero-order valence-electron chi connectivity index (χ0n) is 19.5. The molecule has 0 fully saturated rings. The number of amides is 1. The predicted octanol–water partition coefficient (Wildman–Crippen LogP) is 2.60. The van der Waals surface area contributed by atoms with Crippen molar-refractivity contribution in [1.29, 1.82) is 0 Å². The number of phosphoric acid groups is 1. The molecule has 1 amide bonds. The first-order valence-corrected chi connectivity index (χ1v) is 13.7. The highest BCUT2D eigenvalue weighted by Crippen LogP contribution is 2.39. The summed E-state index contributed by atoms with van der Waals surface area (Å²) in [5.74, 6) is -0.242. The minimum atomic E-state index is -5.19. The molecule has 198 valence electrons. The van der Waals surface area contributed by atoms with Gasteiger partial charge in [0.15, 0.2) is 0 Å². The molecule has 0 bridgehead atoms. The fraction of sp³-hybridized carbons (Fsp3) is 0.381. The van der Waals surface area contributed by atoms with E-state index >= 15 is 0 Å². The molecule has 0 heterocycles. The number of nitrogens with zero attached hydrogens (tertiary/aromatic N) is 2. The van der Waals surface area contributed by atoms with Crippen LogP contribution < -0.4 is 5.32 Å². The fourth-order valence-electron chi connectivity index (χ4n) is 3.48. The summed E-state index contributed by atoms with van der Waals surface area (Å²) in [7, 11) is -9.51. The van der Waals surface area contributed by atoms with Crippen molar-refractivity contribution in [1.82, 2.24) is 9.62 Å². The van der Waals surface area contributed by atoms with Gasteiger partial charge in [-0.3, -0.25) is 14.6 Å². The summed E-state index contributed by atoms with van der Waals surface area (Å²) in [6, 6.07) is 11.4. The molecule has 2 atom stereocenters. The number of nitro groups is 1. The average Bonchev–Trinajstić information content (AvgIpc) is 2.77. The third-order valence-corrected chi connectivity index (χ3v) is 7.36. The van der Waals surface area contributed by atoms with E-state index < -0.39 is 47.6 Å². The van der Waals surface area contributed by atoms with E-state index in [1.807, 2.05) is 0 Å². The summed E-state index contributed by atoms with van der Waals surface area (Å²) >= 11 is 0. The summed E-state index contributed by atoms with van der Waals surface area (Å²) in [5, 5.41) is 22.5. The number of benzene rings is 2. The molecule has 0 aromatic heterocycles. The molecule has 0 aliphatic carbocycles. The van der Waals surface area contributed by atoms with Gasteiger partial charge < -0.3 is 20.2 Å². The highest BCUT2D eigenvalue weighted by Gasteiger charge is 2.36. The number of nitrogens with one attached hydrogen (secondary N) is 1. The third-order valence-electron chi connectivity index (χ3n) is 4.97. The van der Waals surface area contributed by atoms with Crippen LogP contribution in [-0.4, -0.2) is 63.9 Å². The minimum Gasteiger partial charge on any atom is -0.465 e. The van der Waals surface area contributed by atoms with Gasteiger partial charge in [-0.2, -0.15) is 4.31 Å². The van der Waals surface area contributed by atoms with Crippen molar-refractivity contribution in [3.63, 3.8) is 0 Å². The van der Waals surface area contributed by atoms with Gasteiger partial charge in [-0.1, -0.05) is 44.2 Å². The maximum atomic E-state index is 13.4. The van der Waals surface area contributed by atoms with Crippen molar-refractivity contribution in [3.8, 4) is 0 Å². The Balaban J connectivity index is 2.49. The van der Waals surface area contributed by atoms with Gasteiger partial charge in [0.05, 0.1) is 15.9 Å². The quantitative estimate of drug-likeness (QED) is 0.165. The predicted molar refractivity (Wildman–Crippen MR) is 129 cm³/mol. The van der Waals surface area contributed by atoms with Crippen molar-refractivity contribution < 1.29 is 42.1 Å². The number of phosphoric ester groups is 1. The molecule has 2 aromatic carbocycles. The molecular weight excluding hydrogens is 517 g/mol. The normalized spacial score (nSPS) is 13.9. The zero-order valence-corrected chi connectivity index (χ0v) is 21.2. The second-order valence-corrected chi connectivity index (χ2v) is 11.5. The van der Waals surface area contributed by atoms with Gasteiger partial charge in [0.2, 0.25) is 10.0 Å². The van der Waals surface area contributed by atoms with Crippen molar-refractivity contribution in [2.24, 2.45) is 5.92 Å². The molecule has 0 unspecified atom stereocenters. The molecule has 2 rings (SSSR count). The number of hydrogen-bond acceptors (Lipinski definition) is 7. The molecule has 2 aromatic rings. The summed E-state index contributed by atoms with van der Waals surface area (Å²) in [6.07, 6.45) is -3.14. The summed E-state index contributed by atoms with van der Waals surface area (Å²) in [6.45, 7) is 2.72. The fourth-order valence-corrected chi connectivity index (χ4v) is 5.66. The van der Waals surface area contributed by atoms with Crippen LogP contribution in [0.15, 0.2) is 59.5 Å². The smallest absolute Gasteiger partial charge is 0.465 e. The van der Waals surface area contributed by atoms with Gasteiger partial charge in [-0.25, -0.2) is 17.8 Å². The standard InChI is InChI=1S/C21H28N3O10PS/c1-15(2)13-23(36(32,33)18-10-8-17(9-11-18)24(27)28)14-20(34-35(29,30)31)19(22-21(25)26)12-16-6-4-3-5-7-16/h3-11,15,19-20,22H,12-14H2,1-2H3,(H,25,26)(H2,29,30,31)/t19-,20-/m0/s1. The highest BCUT2D eigenvalue weighted by atomic mass is 32.2. The van der Waals surface area contributed by atoms with E-state index in [1.54, 1.807) is 44.2 Å². The van der Waals surface area contributed by atoms with Crippen LogP contribution in [0.3, 0.4) is 0 Å². The molecule has 36 heavy (non-hydrogen) atoms. The van der Waals surface area contributed by atoms with Gasteiger partial charge in [0, 0.05) is 25.2 Å². The zero-order chi connectivity index (χ0) is 27.1. The summed E-state index contributed by atoms with van der Waals surface area (Å²) in [5.41, 5.74) is 0.296. The van der Waals surface area contributed by atoms with E-state index in [1.165, 1.54) is 0 Å². The van der Waals surface area contributed by atoms with Crippen LogP contribution in [-0.2, 0) is 25.5 Å². The number of carbonyl (C=O) groups is 1. The molecule has 0 saturated heterocycles. The Morgan fingerprint density at radius 1 is 1.11 bits per heavy atom.